The summed E-state index contributed by atoms with van der Waals surface area (Å²) in [6.07, 6.45) is 9.01. The van der Waals surface area contributed by atoms with Gasteiger partial charge in [-0.1, -0.05) is 18.1 Å². The first-order valence-corrected chi connectivity index (χ1v) is 8.87. The van der Waals surface area contributed by atoms with E-state index in [1.165, 1.54) is 0 Å². The minimum absolute atomic E-state index is 0.0486. The number of aromatic nitrogens is 3. The quantitative estimate of drug-likeness (QED) is 0.511. The van der Waals surface area contributed by atoms with Gasteiger partial charge in [-0.3, -0.25) is 4.79 Å². The summed E-state index contributed by atoms with van der Waals surface area (Å²) < 4.78 is 1.83. The first-order chi connectivity index (χ1) is 14.2. The molecule has 0 aliphatic rings. The van der Waals surface area contributed by atoms with E-state index in [2.05, 4.69) is 37.9 Å². The highest BCUT2D eigenvalue weighted by Gasteiger charge is 2.08. The maximum Gasteiger partial charge on any atom is 0.239 e. The Bertz CT molecular complexity index is 1040. The zero-order valence-corrected chi connectivity index (χ0v) is 15.6. The number of hydrogen-bond acceptors (Lipinski definition) is 6. The number of rotatable bonds is 8. The molecule has 0 spiro atoms. The molecule has 29 heavy (non-hydrogen) atoms. The normalized spacial score (nSPS) is 9.86. The molecule has 2 aromatic heterocycles. The number of amides is 1. The summed E-state index contributed by atoms with van der Waals surface area (Å²) in [6, 6.07) is 14.6. The number of hydrogen-bond donors (Lipinski definition) is 3. The van der Waals surface area contributed by atoms with Crippen LogP contribution in [0.5, 0.6) is 0 Å². The van der Waals surface area contributed by atoms with Crippen LogP contribution in [0, 0.1) is 23.7 Å². The highest BCUT2D eigenvalue weighted by atomic mass is 16.1. The average molecular weight is 385 g/mol. The van der Waals surface area contributed by atoms with Gasteiger partial charge in [-0.15, -0.1) is 6.42 Å². The van der Waals surface area contributed by atoms with Crippen molar-refractivity contribution >= 4 is 17.7 Å². The van der Waals surface area contributed by atoms with Gasteiger partial charge >= 0.3 is 0 Å². The van der Waals surface area contributed by atoms with Gasteiger partial charge in [0.1, 0.15) is 11.6 Å². The molecule has 0 radical (unpaired) electrons. The Labute approximate surface area is 168 Å². The third-order valence-corrected chi connectivity index (χ3v) is 3.93. The zero-order chi connectivity index (χ0) is 20.5. The molecular weight excluding hydrogens is 366 g/mol. The number of nitrogens with zero attached hydrogens (tertiary/aromatic N) is 4. The second-order valence-corrected chi connectivity index (χ2v) is 6.02. The van der Waals surface area contributed by atoms with Crippen molar-refractivity contribution in [1.29, 1.82) is 5.26 Å². The van der Waals surface area contributed by atoms with Gasteiger partial charge in [-0.05, 0) is 29.8 Å². The van der Waals surface area contributed by atoms with E-state index in [1.54, 1.807) is 18.2 Å². The van der Waals surface area contributed by atoms with E-state index in [0.29, 0.717) is 36.2 Å². The van der Waals surface area contributed by atoms with Gasteiger partial charge in [0.25, 0.3) is 0 Å². The molecule has 1 amide bonds. The van der Waals surface area contributed by atoms with Crippen LogP contribution in [0.1, 0.15) is 11.1 Å². The largest absolute Gasteiger partial charge is 0.361 e. The number of nitrogens with one attached hydrogen (secondary N) is 3. The standard InChI is InChI=1S/C21H19N7O/c1-2-9-23-21-26-18(12-19(27-21)28-10-3-4-11-28)24-15-20(29)25-14-17-7-5-16(13-22)6-8-17/h1,3-8,10-12H,9,14-15H2,(H,25,29)(H2,23,24,26,27). The smallest absolute Gasteiger partial charge is 0.239 e. The molecule has 144 valence electrons. The lowest BCUT2D eigenvalue weighted by atomic mass is 10.1. The van der Waals surface area contributed by atoms with Crippen molar-refractivity contribution in [1.82, 2.24) is 19.9 Å². The predicted molar refractivity (Wildman–Crippen MR) is 110 cm³/mol. The van der Waals surface area contributed by atoms with Gasteiger partial charge in [0.15, 0.2) is 0 Å². The molecule has 8 heteroatoms. The molecule has 0 unspecified atom stereocenters. The third kappa shape index (κ3) is 5.59. The number of terminal acetylenes is 1. The Hall–Kier alpha value is -4.30. The molecule has 0 aliphatic carbocycles. The van der Waals surface area contributed by atoms with Crippen molar-refractivity contribution in [2.75, 3.05) is 23.7 Å². The molecule has 1 aromatic carbocycles. The Kier molecular flexibility index (Phi) is 6.43. The molecular formula is C21H19N7O. The van der Waals surface area contributed by atoms with Crippen molar-refractivity contribution < 1.29 is 4.79 Å². The predicted octanol–water partition coefficient (Wildman–Crippen LogP) is 1.91. The zero-order valence-electron chi connectivity index (χ0n) is 15.6. The Morgan fingerprint density at radius 3 is 2.59 bits per heavy atom. The highest BCUT2D eigenvalue weighted by molar-refractivity contribution is 5.80. The average Bonchev–Trinajstić information content (AvgIpc) is 3.30. The third-order valence-electron chi connectivity index (χ3n) is 3.93. The van der Waals surface area contributed by atoms with Crippen molar-refractivity contribution in [3.8, 4) is 24.2 Å². The lowest BCUT2D eigenvalue weighted by Crippen LogP contribution is -2.29. The van der Waals surface area contributed by atoms with Crippen LogP contribution in [0.25, 0.3) is 5.82 Å². The van der Waals surface area contributed by atoms with Crippen LogP contribution in [-0.2, 0) is 11.3 Å². The fourth-order valence-electron chi connectivity index (χ4n) is 2.48. The summed E-state index contributed by atoms with van der Waals surface area (Å²) in [5, 5.41) is 17.6. The molecule has 8 nitrogen and oxygen atoms in total. The summed E-state index contributed by atoms with van der Waals surface area (Å²) >= 11 is 0. The van der Waals surface area contributed by atoms with Crippen LogP contribution in [0.2, 0.25) is 0 Å². The number of benzene rings is 1. The lowest BCUT2D eigenvalue weighted by molar-refractivity contribution is -0.119. The van der Waals surface area contributed by atoms with Crippen molar-refractivity contribution in [2.24, 2.45) is 0 Å². The van der Waals surface area contributed by atoms with Crippen LogP contribution in [-0.4, -0.2) is 33.5 Å². The van der Waals surface area contributed by atoms with Crippen LogP contribution in [0.3, 0.4) is 0 Å². The fraction of sp³-hybridized carbons (Fsp3) is 0.143. The molecule has 0 fully saturated rings. The number of anilines is 2. The summed E-state index contributed by atoms with van der Waals surface area (Å²) in [5.74, 6) is 3.80. The van der Waals surface area contributed by atoms with E-state index in [9.17, 15) is 4.79 Å². The molecule has 3 rings (SSSR count). The Morgan fingerprint density at radius 1 is 1.14 bits per heavy atom. The summed E-state index contributed by atoms with van der Waals surface area (Å²) in [4.78, 5) is 20.9. The minimum Gasteiger partial charge on any atom is -0.361 e. The number of carbonyl (C=O) groups is 1. The molecule has 0 saturated carbocycles. The van der Waals surface area contributed by atoms with Gasteiger partial charge in [-0.25, -0.2) is 0 Å². The van der Waals surface area contributed by atoms with Crippen molar-refractivity contribution in [3.05, 3.63) is 66.0 Å². The van der Waals surface area contributed by atoms with Crippen LogP contribution < -0.4 is 16.0 Å². The molecule has 0 bridgehead atoms. The summed E-state index contributed by atoms with van der Waals surface area (Å²) in [5.41, 5.74) is 1.49. The highest BCUT2D eigenvalue weighted by Crippen LogP contribution is 2.14. The van der Waals surface area contributed by atoms with E-state index in [-0.39, 0.29) is 12.5 Å². The first-order valence-electron chi connectivity index (χ1n) is 8.87. The maximum atomic E-state index is 12.2. The molecule has 0 aliphatic heterocycles. The van der Waals surface area contributed by atoms with Crippen molar-refractivity contribution in [2.45, 2.75) is 6.54 Å². The summed E-state index contributed by atoms with van der Waals surface area (Å²) in [6.45, 7) is 0.715. The molecule has 2 heterocycles. The topological polar surface area (TPSA) is 108 Å². The number of carbonyl (C=O) groups excluding carboxylic acids is 1. The SMILES string of the molecule is C#CCNc1nc(NCC(=O)NCc2ccc(C#N)cc2)cc(-n2cccc2)n1. The molecule has 3 aromatic rings. The monoisotopic (exact) mass is 385 g/mol. The van der Waals surface area contributed by atoms with Gasteiger partial charge in [-0.2, -0.15) is 15.2 Å². The van der Waals surface area contributed by atoms with Crippen LogP contribution in [0.4, 0.5) is 11.8 Å². The van der Waals surface area contributed by atoms with Gasteiger partial charge in [0.2, 0.25) is 11.9 Å². The van der Waals surface area contributed by atoms with Gasteiger partial charge in [0, 0.05) is 25.0 Å². The fourth-order valence-corrected chi connectivity index (χ4v) is 2.48. The van der Waals surface area contributed by atoms with E-state index in [1.807, 2.05) is 41.2 Å². The molecule has 0 saturated heterocycles. The van der Waals surface area contributed by atoms with E-state index in [4.69, 9.17) is 11.7 Å². The van der Waals surface area contributed by atoms with Crippen LogP contribution >= 0.6 is 0 Å². The van der Waals surface area contributed by atoms with E-state index in [0.717, 1.165) is 5.56 Å². The van der Waals surface area contributed by atoms with Gasteiger partial charge in [0.05, 0.1) is 24.7 Å². The van der Waals surface area contributed by atoms with E-state index >= 15 is 0 Å². The Morgan fingerprint density at radius 2 is 1.90 bits per heavy atom. The second-order valence-electron chi connectivity index (χ2n) is 6.02. The Balaban J connectivity index is 1.61. The number of nitriles is 1. The van der Waals surface area contributed by atoms with Crippen LogP contribution in [0.15, 0.2) is 54.9 Å². The summed E-state index contributed by atoms with van der Waals surface area (Å²) in [7, 11) is 0. The van der Waals surface area contributed by atoms with Crippen molar-refractivity contribution in [3.63, 3.8) is 0 Å². The van der Waals surface area contributed by atoms with Gasteiger partial charge < -0.3 is 20.5 Å². The first kappa shape index (κ1) is 19.5. The molecule has 3 N–H and O–H groups in total. The minimum atomic E-state index is -0.186. The molecule has 0 atom stereocenters. The lowest BCUT2D eigenvalue weighted by Gasteiger charge is -2.11. The van der Waals surface area contributed by atoms with E-state index < -0.39 is 0 Å². The second kappa shape index (κ2) is 9.58. The maximum absolute atomic E-state index is 12.2.